The third-order valence-corrected chi connectivity index (χ3v) is 8.53. The van der Waals surface area contributed by atoms with Crippen molar-refractivity contribution in [3.8, 4) is 0 Å². The molecule has 0 unspecified atom stereocenters. The van der Waals surface area contributed by atoms with Gasteiger partial charge in [0.1, 0.15) is 0 Å². The Bertz CT molecular complexity index is 1060. The lowest BCUT2D eigenvalue weighted by Gasteiger charge is -2.37. The Balaban J connectivity index is 1.67. The van der Waals surface area contributed by atoms with Gasteiger partial charge in [-0.2, -0.15) is 0 Å². The van der Waals surface area contributed by atoms with Crippen LogP contribution in [0.4, 0.5) is 5.69 Å². The van der Waals surface area contributed by atoms with E-state index in [9.17, 15) is 13.2 Å². The van der Waals surface area contributed by atoms with Crippen molar-refractivity contribution in [3.05, 3.63) is 64.7 Å². The first-order chi connectivity index (χ1) is 14.9. The molecular formula is C26H35NO4S. The minimum Gasteiger partial charge on any atom is -0.372 e. The van der Waals surface area contributed by atoms with Crippen molar-refractivity contribution < 1.29 is 17.9 Å². The number of nitrogens with zero attached hydrogens (tertiary/aromatic N) is 1. The number of ether oxygens (including phenoxy) is 1. The van der Waals surface area contributed by atoms with Crippen LogP contribution in [0.5, 0.6) is 0 Å². The summed E-state index contributed by atoms with van der Waals surface area (Å²) >= 11 is 0. The second kappa shape index (κ2) is 9.36. The molecule has 0 aliphatic carbocycles. The summed E-state index contributed by atoms with van der Waals surface area (Å²) in [6.07, 6.45) is 0.706. The third-order valence-electron chi connectivity index (χ3n) is 5.95. The molecule has 0 bridgehead atoms. The zero-order valence-electron chi connectivity index (χ0n) is 20.0. The van der Waals surface area contributed by atoms with Crippen LogP contribution in [-0.2, 0) is 26.7 Å². The predicted octanol–water partition coefficient (Wildman–Crippen LogP) is 4.75. The van der Waals surface area contributed by atoms with Gasteiger partial charge in [-0.25, -0.2) is 8.42 Å². The Morgan fingerprint density at radius 3 is 2.09 bits per heavy atom. The number of carbonyl (C=O) groups is 1. The number of Topliss-reactive ketones (excluding diaryl/α,β-unsaturated/α-hetero) is 1. The molecule has 0 N–H and O–H groups in total. The van der Waals surface area contributed by atoms with Gasteiger partial charge in [0.2, 0.25) is 0 Å². The van der Waals surface area contributed by atoms with Gasteiger partial charge in [-0.05, 0) is 64.3 Å². The van der Waals surface area contributed by atoms with Crippen LogP contribution in [-0.4, -0.2) is 44.2 Å². The van der Waals surface area contributed by atoms with E-state index in [4.69, 9.17) is 4.74 Å². The van der Waals surface area contributed by atoms with Crippen LogP contribution in [0.15, 0.2) is 42.5 Å². The average molecular weight is 458 g/mol. The van der Waals surface area contributed by atoms with Crippen molar-refractivity contribution in [3.63, 3.8) is 0 Å². The van der Waals surface area contributed by atoms with Gasteiger partial charge in [0.25, 0.3) is 0 Å². The lowest BCUT2D eigenvalue weighted by atomic mass is 9.99. The number of hydrogen-bond donors (Lipinski definition) is 0. The molecule has 0 aromatic heterocycles. The zero-order chi connectivity index (χ0) is 23.7. The predicted molar refractivity (Wildman–Crippen MR) is 130 cm³/mol. The van der Waals surface area contributed by atoms with E-state index in [1.54, 1.807) is 45.0 Å². The molecule has 0 spiro atoms. The average Bonchev–Trinajstić information content (AvgIpc) is 2.66. The minimum atomic E-state index is -3.25. The molecule has 1 fully saturated rings. The van der Waals surface area contributed by atoms with Crippen molar-refractivity contribution in [1.29, 1.82) is 0 Å². The maximum Gasteiger partial charge on any atom is 0.167 e. The molecule has 1 heterocycles. The molecular weight excluding hydrogens is 422 g/mol. The Kier molecular flexibility index (Phi) is 7.15. The van der Waals surface area contributed by atoms with Gasteiger partial charge in [-0.15, -0.1) is 0 Å². The number of carbonyl (C=O) groups excluding carboxylic acids is 1. The molecule has 6 heteroatoms. The van der Waals surface area contributed by atoms with E-state index < -0.39 is 14.6 Å². The summed E-state index contributed by atoms with van der Waals surface area (Å²) in [5.41, 5.74) is 4.61. The van der Waals surface area contributed by atoms with E-state index in [0.717, 1.165) is 24.2 Å². The molecule has 2 aromatic carbocycles. The number of benzene rings is 2. The summed E-state index contributed by atoms with van der Waals surface area (Å²) in [6, 6.07) is 13.2. The number of rotatable bonds is 6. The molecule has 5 nitrogen and oxygen atoms in total. The highest BCUT2D eigenvalue weighted by Gasteiger charge is 2.29. The number of ketones is 1. The second-order valence-electron chi connectivity index (χ2n) is 9.95. The van der Waals surface area contributed by atoms with Crippen molar-refractivity contribution in [2.45, 2.75) is 70.7 Å². The highest BCUT2D eigenvalue weighted by Crippen LogP contribution is 2.26. The van der Waals surface area contributed by atoms with Crippen molar-refractivity contribution in [1.82, 2.24) is 0 Å². The molecule has 0 radical (unpaired) electrons. The van der Waals surface area contributed by atoms with Gasteiger partial charge in [-0.1, -0.05) is 36.4 Å². The number of morpholine rings is 1. The minimum absolute atomic E-state index is 0.0234. The number of aryl methyl sites for hydroxylation is 1. The number of sulfone groups is 1. The summed E-state index contributed by atoms with van der Waals surface area (Å²) in [5.74, 6) is 0.000659. The number of hydrogen-bond acceptors (Lipinski definition) is 5. The summed E-state index contributed by atoms with van der Waals surface area (Å²) in [7, 11) is -3.25. The van der Waals surface area contributed by atoms with E-state index >= 15 is 0 Å². The fourth-order valence-electron chi connectivity index (χ4n) is 4.07. The van der Waals surface area contributed by atoms with E-state index in [0.29, 0.717) is 17.5 Å². The number of anilines is 1. The van der Waals surface area contributed by atoms with Gasteiger partial charge in [-0.3, -0.25) is 4.79 Å². The van der Waals surface area contributed by atoms with Gasteiger partial charge in [0.15, 0.2) is 15.6 Å². The van der Waals surface area contributed by atoms with Crippen LogP contribution < -0.4 is 4.90 Å². The maximum absolute atomic E-state index is 12.8. The van der Waals surface area contributed by atoms with Crippen LogP contribution in [0.25, 0.3) is 0 Å². The second-order valence-corrected chi connectivity index (χ2v) is 12.7. The van der Waals surface area contributed by atoms with E-state index in [-0.39, 0.29) is 23.7 Å². The van der Waals surface area contributed by atoms with E-state index in [2.05, 4.69) is 37.8 Å². The van der Waals surface area contributed by atoms with Crippen LogP contribution in [0.3, 0.4) is 0 Å². The Morgan fingerprint density at radius 2 is 1.56 bits per heavy atom. The van der Waals surface area contributed by atoms with Crippen LogP contribution in [0.1, 0.15) is 61.7 Å². The molecule has 1 saturated heterocycles. The molecule has 0 saturated carbocycles. The molecule has 1 aliphatic rings. The molecule has 0 amide bonds. The first kappa shape index (κ1) is 24.5. The summed E-state index contributed by atoms with van der Waals surface area (Å²) < 4.78 is 29.9. The Morgan fingerprint density at radius 1 is 1.00 bits per heavy atom. The molecule has 3 rings (SSSR count). The van der Waals surface area contributed by atoms with Gasteiger partial charge < -0.3 is 9.64 Å². The van der Waals surface area contributed by atoms with Crippen LogP contribution in [0, 0.1) is 6.92 Å². The van der Waals surface area contributed by atoms with Crippen LogP contribution in [0.2, 0.25) is 0 Å². The summed E-state index contributed by atoms with van der Waals surface area (Å²) in [4.78, 5) is 15.2. The zero-order valence-corrected chi connectivity index (χ0v) is 20.8. The Labute approximate surface area is 192 Å². The third kappa shape index (κ3) is 5.78. The smallest absolute Gasteiger partial charge is 0.167 e. The highest BCUT2D eigenvalue weighted by atomic mass is 32.2. The summed E-state index contributed by atoms with van der Waals surface area (Å²) in [6.45, 7) is 13.1. The van der Waals surface area contributed by atoms with Crippen molar-refractivity contribution in [2.75, 3.05) is 18.0 Å². The van der Waals surface area contributed by atoms with Crippen molar-refractivity contribution >= 4 is 21.3 Å². The lowest BCUT2D eigenvalue weighted by Crippen LogP contribution is -2.45. The fraction of sp³-hybridized carbons (Fsp3) is 0.500. The first-order valence-electron chi connectivity index (χ1n) is 11.2. The largest absolute Gasteiger partial charge is 0.372 e. The van der Waals surface area contributed by atoms with Gasteiger partial charge >= 0.3 is 0 Å². The van der Waals surface area contributed by atoms with Crippen molar-refractivity contribution in [2.24, 2.45) is 0 Å². The van der Waals surface area contributed by atoms with E-state index in [1.165, 1.54) is 5.69 Å². The Hall–Kier alpha value is -2.18. The molecule has 174 valence electrons. The maximum atomic E-state index is 12.8. The monoisotopic (exact) mass is 457 g/mol. The standard InChI is InChI=1S/C26H35NO4S/c1-18-13-22(9-12-24(18)27-15-19(2)31-20(3)16-27)14-25(28)23-10-7-21(8-11-23)17-32(29,30)26(4,5)6/h7-13,19-20H,14-17H2,1-6H3/t19-,20+. The van der Waals surface area contributed by atoms with Gasteiger partial charge in [0, 0.05) is 30.8 Å². The normalized spacial score (nSPS) is 19.8. The highest BCUT2D eigenvalue weighted by molar-refractivity contribution is 7.91. The molecule has 32 heavy (non-hydrogen) atoms. The quantitative estimate of drug-likeness (QED) is 0.586. The topological polar surface area (TPSA) is 63.7 Å². The molecule has 2 atom stereocenters. The first-order valence-corrected chi connectivity index (χ1v) is 12.9. The summed E-state index contributed by atoms with van der Waals surface area (Å²) in [5, 5.41) is 0. The SMILES string of the molecule is Cc1cc(CC(=O)c2ccc(CS(=O)(=O)C(C)(C)C)cc2)ccc1N1C[C@@H](C)O[C@@H](C)C1. The lowest BCUT2D eigenvalue weighted by molar-refractivity contribution is -0.00524. The van der Waals surface area contributed by atoms with E-state index in [1.807, 2.05) is 6.07 Å². The fourth-order valence-corrected chi connectivity index (χ4v) is 5.13. The molecule has 2 aromatic rings. The molecule has 1 aliphatic heterocycles. The van der Waals surface area contributed by atoms with Crippen LogP contribution >= 0.6 is 0 Å². The van der Waals surface area contributed by atoms with Gasteiger partial charge in [0.05, 0.1) is 22.7 Å².